The maximum Gasteiger partial charge on any atom is 0.293 e. The molecule has 1 aromatic rings. The minimum absolute atomic E-state index is 0.233. The normalized spacial score (nSPS) is 17.3. The minimum atomic E-state index is -0.239. The number of carbonyl (C=O) groups is 2. The summed E-state index contributed by atoms with van der Waals surface area (Å²) in [5.74, 6) is -0.239. The Morgan fingerprint density at radius 1 is 1.25 bits per heavy atom. The first-order valence-electron chi connectivity index (χ1n) is 6.49. The van der Waals surface area contributed by atoms with Crippen molar-refractivity contribution in [2.45, 2.75) is 13.3 Å². The van der Waals surface area contributed by atoms with Gasteiger partial charge in [-0.25, -0.2) is 0 Å². The number of hydrogen-bond donors (Lipinski definition) is 0. The van der Waals surface area contributed by atoms with Crippen molar-refractivity contribution >= 4 is 29.0 Å². The van der Waals surface area contributed by atoms with Gasteiger partial charge in [-0.3, -0.25) is 14.5 Å². The van der Waals surface area contributed by atoms with Gasteiger partial charge in [0.05, 0.1) is 18.1 Å². The number of hydrogen-bond acceptors (Lipinski definition) is 4. The number of nitrogens with zero attached hydrogens (tertiary/aromatic N) is 1. The molecule has 1 aromatic carbocycles. The van der Waals surface area contributed by atoms with Crippen molar-refractivity contribution in [3.05, 3.63) is 40.3 Å². The molecule has 0 aromatic heterocycles. The van der Waals surface area contributed by atoms with Gasteiger partial charge in [0, 0.05) is 7.11 Å². The highest BCUT2D eigenvalue weighted by molar-refractivity contribution is 8.18. The molecule has 1 aliphatic rings. The van der Waals surface area contributed by atoms with Crippen molar-refractivity contribution in [2.75, 3.05) is 20.3 Å². The van der Waals surface area contributed by atoms with Gasteiger partial charge in [-0.05, 0) is 35.4 Å². The van der Waals surface area contributed by atoms with Crippen LogP contribution < -0.4 is 0 Å². The van der Waals surface area contributed by atoms with Crippen LogP contribution in [0.3, 0.4) is 0 Å². The third-order valence-electron chi connectivity index (χ3n) is 3.08. The van der Waals surface area contributed by atoms with E-state index in [4.69, 9.17) is 4.74 Å². The summed E-state index contributed by atoms with van der Waals surface area (Å²) in [4.78, 5) is 25.6. The lowest BCUT2D eigenvalue weighted by Gasteiger charge is -2.10. The van der Waals surface area contributed by atoms with Crippen molar-refractivity contribution < 1.29 is 14.3 Å². The first-order valence-corrected chi connectivity index (χ1v) is 7.30. The second-order valence-electron chi connectivity index (χ2n) is 4.42. The SMILES string of the molecule is CCc1ccc(/C=C2/SC(=O)N(CCOC)C2=O)cc1. The van der Waals surface area contributed by atoms with E-state index in [1.54, 1.807) is 13.2 Å². The van der Waals surface area contributed by atoms with E-state index in [0.29, 0.717) is 18.1 Å². The van der Waals surface area contributed by atoms with Gasteiger partial charge < -0.3 is 4.74 Å². The summed E-state index contributed by atoms with van der Waals surface area (Å²) in [6, 6.07) is 7.98. The molecule has 20 heavy (non-hydrogen) atoms. The van der Waals surface area contributed by atoms with Crippen molar-refractivity contribution in [1.29, 1.82) is 0 Å². The molecule has 4 nitrogen and oxygen atoms in total. The fourth-order valence-electron chi connectivity index (χ4n) is 1.88. The summed E-state index contributed by atoms with van der Waals surface area (Å²) >= 11 is 0.980. The fourth-order valence-corrected chi connectivity index (χ4v) is 2.74. The molecule has 106 valence electrons. The van der Waals surface area contributed by atoms with E-state index in [9.17, 15) is 9.59 Å². The van der Waals surface area contributed by atoms with Crippen LogP contribution in [-0.4, -0.2) is 36.3 Å². The van der Waals surface area contributed by atoms with Crippen LogP contribution in [0.25, 0.3) is 6.08 Å². The number of rotatable bonds is 5. The molecule has 2 amide bonds. The monoisotopic (exact) mass is 291 g/mol. The Hall–Kier alpha value is -1.59. The molecule has 1 heterocycles. The summed E-state index contributed by atoms with van der Waals surface area (Å²) in [6.45, 7) is 2.75. The van der Waals surface area contributed by atoms with Crippen LogP contribution in [0.2, 0.25) is 0 Å². The molecule has 0 N–H and O–H groups in total. The summed E-state index contributed by atoms with van der Waals surface area (Å²) in [6.07, 6.45) is 2.74. The predicted octanol–water partition coefficient (Wildman–Crippen LogP) is 2.93. The Morgan fingerprint density at radius 3 is 2.55 bits per heavy atom. The second-order valence-corrected chi connectivity index (χ2v) is 5.41. The number of benzene rings is 1. The molecule has 0 aliphatic carbocycles. The smallest absolute Gasteiger partial charge is 0.293 e. The summed E-state index contributed by atoms with van der Waals surface area (Å²) in [5.41, 5.74) is 2.18. The largest absolute Gasteiger partial charge is 0.383 e. The van der Waals surface area contributed by atoms with E-state index in [-0.39, 0.29) is 11.1 Å². The lowest BCUT2D eigenvalue weighted by atomic mass is 10.1. The zero-order valence-electron chi connectivity index (χ0n) is 11.6. The average molecular weight is 291 g/mol. The highest BCUT2D eigenvalue weighted by Gasteiger charge is 2.34. The molecule has 0 atom stereocenters. The first-order chi connectivity index (χ1) is 9.65. The van der Waals surface area contributed by atoms with Gasteiger partial charge in [-0.2, -0.15) is 0 Å². The average Bonchev–Trinajstić information content (AvgIpc) is 2.72. The number of amides is 2. The van der Waals surface area contributed by atoms with Crippen molar-refractivity contribution in [1.82, 2.24) is 4.90 Å². The number of ether oxygens (including phenoxy) is 1. The van der Waals surface area contributed by atoms with Crippen molar-refractivity contribution in [2.24, 2.45) is 0 Å². The van der Waals surface area contributed by atoms with E-state index in [2.05, 4.69) is 6.92 Å². The molecular weight excluding hydrogens is 274 g/mol. The molecule has 0 bridgehead atoms. The van der Waals surface area contributed by atoms with Crippen LogP contribution in [0.4, 0.5) is 4.79 Å². The Bertz CT molecular complexity index is 537. The molecular formula is C15H17NO3S. The predicted molar refractivity (Wildman–Crippen MR) is 80.4 cm³/mol. The minimum Gasteiger partial charge on any atom is -0.383 e. The van der Waals surface area contributed by atoms with Gasteiger partial charge in [0.25, 0.3) is 11.1 Å². The Labute approximate surface area is 122 Å². The quantitative estimate of drug-likeness (QED) is 0.783. The van der Waals surface area contributed by atoms with E-state index in [1.807, 2.05) is 24.3 Å². The van der Waals surface area contributed by atoms with E-state index in [0.717, 1.165) is 23.7 Å². The van der Waals surface area contributed by atoms with Crippen LogP contribution in [-0.2, 0) is 16.0 Å². The van der Waals surface area contributed by atoms with Crippen LogP contribution >= 0.6 is 11.8 Å². The van der Waals surface area contributed by atoms with Crippen LogP contribution in [0, 0.1) is 0 Å². The maximum absolute atomic E-state index is 12.1. The third-order valence-corrected chi connectivity index (χ3v) is 3.99. The number of imide groups is 1. The van der Waals surface area contributed by atoms with E-state index in [1.165, 1.54) is 10.5 Å². The lowest BCUT2D eigenvalue weighted by molar-refractivity contribution is -0.123. The second kappa shape index (κ2) is 6.72. The molecule has 0 unspecified atom stereocenters. The highest BCUT2D eigenvalue weighted by Crippen LogP contribution is 2.31. The third kappa shape index (κ3) is 3.29. The molecule has 5 heteroatoms. The lowest BCUT2D eigenvalue weighted by Crippen LogP contribution is -2.31. The molecule has 2 rings (SSSR count). The Morgan fingerprint density at radius 2 is 1.95 bits per heavy atom. The van der Waals surface area contributed by atoms with Crippen molar-refractivity contribution in [3.8, 4) is 0 Å². The van der Waals surface area contributed by atoms with Crippen LogP contribution in [0.1, 0.15) is 18.1 Å². The van der Waals surface area contributed by atoms with Gasteiger partial charge in [-0.15, -0.1) is 0 Å². The van der Waals surface area contributed by atoms with E-state index < -0.39 is 0 Å². The summed E-state index contributed by atoms with van der Waals surface area (Å²) in [7, 11) is 1.55. The zero-order valence-corrected chi connectivity index (χ0v) is 12.4. The fraction of sp³-hybridized carbons (Fsp3) is 0.333. The number of thioether (sulfide) groups is 1. The summed E-state index contributed by atoms with van der Waals surface area (Å²) < 4.78 is 4.90. The Kier molecular flexibility index (Phi) is 4.98. The number of carbonyl (C=O) groups excluding carboxylic acids is 2. The maximum atomic E-state index is 12.1. The van der Waals surface area contributed by atoms with Crippen LogP contribution in [0.5, 0.6) is 0 Å². The molecule has 1 aliphatic heterocycles. The zero-order chi connectivity index (χ0) is 14.5. The number of aryl methyl sites for hydroxylation is 1. The van der Waals surface area contributed by atoms with Gasteiger partial charge in [-0.1, -0.05) is 31.2 Å². The number of methoxy groups -OCH3 is 1. The topological polar surface area (TPSA) is 46.6 Å². The van der Waals surface area contributed by atoms with Gasteiger partial charge in [0.15, 0.2) is 0 Å². The van der Waals surface area contributed by atoms with Gasteiger partial charge in [0.2, 0.25) is 0 Å². The molecule has 0 spiro atoms. The van der Waals surface area contributed by atoms with E-state index >= 15 is 0 Å². The van der Waals surface area contributed by atoms with Crippen molar-refractivity contribution in [3.63, 3.8) is 0 Å². The molecule has 1 saturated heterocycles. The molecule has 0 saturated carbocycles. The molecule has 1 fully saturated rings. The first kappa shape index (κ1) is 14.8. The standard InChI is InChI=1S/C15H17NO3S/c1-3-11-4-6-12(7-5-11)10-13-14(17)16(8-9-19-2)15(18)20-13/h4-7,10H,3,8-9H2,1-2H3/b13-10+. The molecule has 0 radical (unpaired) electrons. The highest BCUT2D eigenvalue weighted by atomic mass is 32.2. The van der Waals surface area contributed by atoms with Gasteiger partial charge >= 0.3 is 0 Å². The van der Waals surface area contributed by atoms with Gasteiger partial charge in [0.1, 0.15) is 0 Å². The summed E-state index contributed by atoms with van der Waals surface area (Å²) in [5, 5.41) is -0.233. The van der Waals surface area contributed by atoms with Crippen LogP contribution in [0.15, 0.2) is 29.2 Å². The Balaban J connectivity index is 2.14.